The molecule has 0 aromatic carbocycles. The summed E-state index contributed by atoms with van der Waals surface area (Å²) in [4.78, 5) is 14.1. The molecule has 4 N–H and O–H groups in total. The van der Waals surface area contributed by atoms with Crippen LogP contribution in [0.3, 0.4) is 0 Å². The van der Waals surface area contributed by atoms with E-state index in [0.29, 0.717) is 0 Å². The maximum atomic E-state index is 11.2. The fraction of sp³-hybridized carbons (Fsp3) is 0.500. The van der Waals surface area contributed by atoms with Gasteiger partial charge in [0.1, 0.15) is 5.54 Å². The van der Waals surface area contributed by atoms with Crippen LogP contribution in [0.5, 0.6) is 0 Å². The second-order valence-corrected chi connectivity index (χ2v) is 4.01. The Morgan fingerprint density at radius 2 is 2.43 bits per heavy atom. The molecule has 0 saturated carbocycles. The van der Waals surface area contributed by atoms with E-state index in [4.69, 9.17) is 5.73 Å². The third-order valence-corrected chi connectivity index (χ3v) is 3.25. The minimum Gasteiger partial charge on any atom is -0.480 e. The van der Waals surface area contributed by atoms with Crippen LogP contribution in [0.4, 0.5) is 0 Å². The molecule has 1 aliphatic carbocycles. The largest absolute Gasteiger partial charge is 0.480 e. The van der Waals surface area contributed by atoms with E-state index in [2.05, 4.69) is 4.98 Å². The molecule has 2 unspecified atom stereocenters. The van der Waals surface area contributed by atoms with Crippen LogP contribution < -0.4 is 5.73 Å². The molecule has 0 radical (unpaired) electrons. The van der Waals surface area contributed by atoms with Gasteiger partial charge in [-0.1, -0.05) is 6.92 Å². The van der Waals surface area contributed by atoms with Crippen molar-refractivity contribution < 1.29 is 9.90 Å². The van der Waals surface area contributed by atoms with Gasteiger partial charge in [-0.25, -0.2) is 4.79 Å². The second kappa shape index (κ2) is 2.85. The topological polar surface area (TPSA) is 79.1 Å². The van der Waals surface area contributed by atoms with E-state index in [1.54, 1.807) is 6.20 Å². The van der Waals surface area contributed by atoms with Gasteiger partial charge in [-0.05, 0) is 24.3 Å². The molecule has 4 heteroatoms. The van der Waals surface area contributed by atoms with Gasteiger partial charge in [-0.2, -0.15) is 0 Å². The lowest BCUT2D eigenvalue weighted by Crippen LogP contribution is -2.52. The van der Waals surface area contributed by atoms with Crippen molar-refractivity contribution in [2.24, 2.45) is 11.7 Å². The first-order chi connectivity index (χ1) is 6.56. The lowest BCUT2D eigenvalue weighted by molar-refractivity contribution is -0.146. The third kappa shape index (κ3) is 1.00. The molecule has 0 amide bonds. The SMILES string of the molecule is CC1CCc2c[nH]cc2C1(N)C(=O)O. The Morgan fingerprint density at radius 3 is 3.07 bits per heavy atom. The van der Waals surface area contributed by atoms with E-state index in [-0.39, 0.29) is 5.92 Å². The molecule has 0 aliphatic heterocycles. The maximum absolute atomic E-state index is 11.2. The van der Waals surface area contributed by atoms with Crippen molar-refractivity contribution >= 4 is 5.97 Å². The van der Waals surface area contributed by atoms with Crippen molar-refractivity contribution in [3.8, 4) is 0 Å². The van der Waals surface area contributed by atoms with Crippen LogP contribution in [0.15, 0.2) is 12.4 Å². The van der Waals surface area contributed by atoms with Crippen molar-refractivity contribution in [1.29, 1.82) is 0 Å². The van der Waals surface area contributed by atoms with Crippen LogP contribution in [0, 0.1) is 5.92 Å². The summed E-state index contributed by atoms with van der Waals surface area (Å²) >= 11 is 0. The third-order valence-electron chi connectivity index (χ3n) is 3.25. The first-order valence-corrected chi connectivity index (χ1v) is 4.75. The molecule has 14 heavy (non-hydrogen) atoms. The van der Waals surface area contributed by atoms with Gasteiger partial charge in [0.25, 0.3) is 0 Å². The molecule has 0 spiro atoms. The van der Waals surface area contributed by atoms with Gasteiger partial charge >= 0.3 is 5.97 Å². The molecule has 2 atom stereocenters. The predicted molar refractivity (Wildman–Crippen MR) is 51.8 cm³/mol. The summed E-state index contributed by atoms with van der Waals surface area (Å²) in [5.41, 5.74) is 6.54. The standard InChI is InChI=1S/C10H14N2O2/c1-6-2-3-7-4-12-5-8(7)10(6,11)9(13)14/h4-6,12H,2-3,11H2,1H3,(H,13,14). The highest BCUT2D eigenvalue weighted by molar-refractivity contribution is 5.81. The van der Waals surface area contributed by atoms with E-state index in [1.807, 2.05) is 13.1 Å². The average Bonchev–Trinajstić information content (AvgIpc) is 2.59. The van der Waals surface area contributed by atoms with Crippen LogP contribution >= 0.6 is 0 Å². The average molecular weight is 194 g/mol. The Balaban J connectivity index is 2.56. The van der Waals surface area contributed by atoms with E-state index in [9.17, 15) is 9.90 Å². The number of hydrogen-bond acceptors (Lipinski definition) is 2. The zero-order valence-electron chi connectivity index (χ0n) is 8.08. The molecule has 2 rings (SSSR count). The molecule has 0 bridgehead atoms. The molecule has 0 saturated heterocycles. The van der Waals surface area contributed by atoms with E-state index >= 15 is 0 Å². The van der Waals surface area contributed by atoms with Crippen molar-refractivity contribution in [2.75, 3.05) is 0 Å². The van der Waals surface area contributed by atoms with Gasteiger partial charge in [0, 0.05) is 18.0 Å². The Kier molecular flexibility index (Phi) is 1.89. The predicted octanol–water partition coefficient (Wildman–Crippen LogP) is 0.836. The number of rotatable bonds is 1. The Bertz CT molecular complexity index is 372. The highest BCUT2D eigenvalue weighted by Gasteiger charge is 2.45. The minimum absolute atomic E-state index is 0.0247. The molecule has 1 aromatic rings. The highest BCUT2D eigenvalue weighted by atomic mass is 16.4. The van der Waals surface area contributed by atoms with Crippen LogP contribution in [0.25, 0.3) is 0 Å². The quantitative estimate of drug-likeness (QED) is 0.619. The first-order valence-electron chi connectivity index (χ1n) is 4.75. The summed E-state index contributed by atoms with van der Waals surface area (Å²) in [5, 5.41) is 9.19. The van der Waals surface area contributed by atoms with Crippen molar-refractivity contribution in [3.63, 3.8) is 0 Å². The molecular formula is C10H14N2O2. The lowest BCUT2D eigenvalue weighted by atomic mass is 9.72. The van der Waals surface area contributed by atoms with Crippen LogP contribution in [0.1, 0.15) is 24.5 Å². The Labute approximate surface area is 82.1 Å². The van der Waals surface area contributed by atoms with Gasteiger partial charge in [-0.3, -0.25) is 0 Å². The molecule has 1 aliphatic rings. The number of H-pyrrole nitrogens is 1. The summed E-state index contributed by atoms with van der Waals surface area (Å²) in [7, 11) is 0. The first kappa shape index (κ1) is 9.27. The number of carboxylic acid groups (broad SMARTS) is 1. The fourth-order valence-corrected chi connectivity index (χ4v) is 2.18. The van der Waals surface area contributed by atoms with E-state index in [1.165, 1.54) is 0 Å². The molecule has 1 heterocycles. The van der Waals surface area contributed by atoms with E-state index in [0.717, 1.165) is 24.0 Å². The number of aromatic nitrogens is 1. The zero-order valence-corrected chi connectivity index (χ0v) is 8.08. The molecule has 1 aromatic heterocycles. The molecule has 76 valence electrons. The van der Waals surface area contributed by atoms with Crippen molar-refractivity contribution in [2.45, 2.75) is 25.3 Å². The number of aliphatic carboxylic acids is 1. The lowest BCUT2D eigenvalue weighted by Gasteiger charge is -2.35. The van der Waals surface area contributed by atoms with Gasteiger partial charge in [0.2, 0.25) is 0 Å². The maximum Gasteiger partial charge on any atom is 0.328 e. The minimum atomic E-state index is -1.21. The summed E-state index contributed by atoms with van der Waals surface area (Å²) in [6.07, 6.45) is 5.28. The number of carbonyl (C=O) groups is 1. The van der Waals surface area contributed by atoms with Crippen molar-refractivity contribution in [1.82, 2.24) is 4.98 Å². The number of aryl methyl sites for hydroxylation is 1. The van der Waals surface area contributed by atoms with Crippen LogP contribution in [-0.4, -0.2) is 16.1 Å². The molecular weight excluding hydrogens is 180 g/mol. The second-order valence-electron chi connectivity index (χ2n) is 4.01. The van der Waals surface area contributed by atoms with Gasteiger partial charge in [0.05, 0.1) is 0 Å². The number of nitrogens with two attached hydrogens (primary N) is 1. The highest BCUT2D eigenvalue weighted by Crippen LogP contribution is 2.37. The van der Waals surface area contributed by atoms with Crippen LogP contribution in [-0.2, 0) is 16.8 Å². The summed E-state index contributed by atoms with van der Waals surface area (Å²) < 4.78 is 0. The van der Waals surface area contributed by atoms with Crippen molar-refractivity contribution in [3.05, 3.63) is 23.5 Å². The molecule has 0 fully saturated rings. The smallest absolute Gasteiger partial charge is 0.328 e. The number of aromatic amines is 1. The number of fused-ring (bicyclic) bond motifs is 1. The van der Waals surface area contributed by atoms with Crippen LogP contribution in [0.2, 0.25) is 0 Å². The summed E-state index contributed by atoms with van der Waals surface area (Å²) in [6, 6.07) is 0. The summed E-state index contributed by atoms with van der Waals surface area (Å²) in [6.45, 7) is 1.89. The van der Waals surface area contributed by atoms with Gasteiger partial charge < -0.3 is 15.8 Å². The summed E-state index contributed by atoms with van der Waals surface area (Å²) in [5.74, 6) is -0.964. The normalized spacial score (nSPS) is 31.1. The number of nitrogens with one attached hydrogen (secondary N) is 1. The zero-order chi connectivity index (χ0) is 10.3. The van der Waals surface area contributed by atoms with E-state index < -0.39 is 11.5 Å². The van der Waals surface area contributed by atoms with Gasteiger partial charge in [0.15, 0.2) is 0 Å². The monoisotopic (exact) mass is 194 g/mol. The molecule has 4 nitrogen and oxygen atoms in total. The number of carboxylic acids is 1. The Hall–Kier alpha value is -1.29. The Morgan fingerprint density at radius 1 is 1.71 bits per heavy atom. The number of hydrogen-bond donors (Lipinski definition) is 3. The fourth-order valence-electron chi connectivity index (χ4n) is 2.18. The van der Waals surface area contributed by atoms with Gasteiger partial charge in [-0.15, -0.1) is 0 Å².